The SMILES string of the molecule is Cc1cc(-c2cccc(F)c2)nc([C@@H]2CCCN(C(=O)c3cnn4cccnc34)C2)n1. The van der Waals surface area contributed by atoms with Gasteiger partial charge in [0.1, 0.15) is 17.2 Å². The first-order chi connectivity index (χ1) is 15.1. The van der Waals surface area contributed by atoms with Crippen molar-refractivity contribution in [2.45, 2.75) is 25.7 Å². The molecule has 31 heavy (non-hydrogen) atoms. The van der Waals surface area contributed by atoms with Gasteiger partial charge in [0.25, 0.3) is 5.91 Å². The first kappa shape index (κ1) is 19.3. The molecule has 1 amide bonds. The zero-order valence-corrected chi connectivity index (χ0v) is 17.1. The van der Waals surface area contributed by atoms with Gasteiger partial charge in [0, 0.05) is 42.7 Å². The van der Waals surface area contributed by atoms with Crippen LogP contribution in [0.25, 0.3) is 16.9 Å². The van der Waals surface area contributed by atoms with Gasteiger partial charge < -0.3 is 4.90 Å². The molecule has 4 heterocycles. The lowest BCUT2D eigenvalue weighted by molar-refractivity contribution is 0.0706. The van der Waals surface area contributed by atoms with Crippen LogP contribution in [0.1, 0.15) is 40.6 Å². The summed E-state index contributed by atoms with van der Waals surface area (Å²) in [7, 11) is 0. The van der Waals surface area contributed by atoms with Gasteiger partial charge in [0.05, 0.1) is 11.9 Å². The lowest BCUT2D eigenvalue weighted by Crippen LogP contribution is -2.39. The van der Waals surface area contributed by atoms with Gasteiger partial charge >= 0.3 is 0 Å². The smallest absolute Gasteiger partial charge is 0.259 e. The minimum atomic E-state index is -0.299. The summed E-state index contributed by atoms with van der Waals surface area (Å²) >= 11 is 0. The molecular formula is C23H21FN6O. The van der Waals surface area contributed by atoms with Crippen molar-refractivity contribution in [3.63, 3.8) is 0 Å². The number of halogens is 1. The summed E-state index contributed by atoms with van der Waals surface area (Å²) in [4.78, 5) is 28.7. The monoisotopic (exact) mass is 416 g/mol. The van der Waals surface area contributed by atoms with Crippen molar-refractivity contribution in [2.75, 3.05) is 13.1 Å². The first-order valence-corrected chi connectivity index (χ1v) is 10.3. The largest absolute Gasteiger partial charge is 0.338 e. The van der Waals surface area contributed by atoms with Crippen LogP contribution in [-0.2, 0) is 0 Å². The number of nitrogens with zero attached hydrogens (tertiary/aromatic N) is 6. The maximum Gasteiger partial charge on any atom is 0.259 e. The average Bonchev–Trinajstić information content (AvgIpc) is 3.22. The molecule has 3 aromatic heterocycles. The number of benzene rings is 1. The molecule has 1 aliphatic rings. The van der Waals surface area contributed by atoms with Gasteiger partial charge in [-0.2, -0.15) is 5.10 Å². The zero-order valence-electron chi connectivity index (χ0n) is 17.1. The van der Waals surface area contributed by atoms with Crippen LogP contribution in [0.2, 0.25) is 0 Å². The highest BCUT2D eigenvalue weighted by molar-refractivity contribution is 5.99. The van der Waals surface area contributed by atoms with E-state index in [-0.39, 0.29) is 17.6 Å². The molecule has 5 rings (SSSR count). The minimum absolute atomic E-state index is 0.0136. The number of piperidine rings is 1. The van der Waals surface area contributed by atoms with Gasteiger partial charge in [-0.3, -0.25) is 4.79 Å². The molecule has 1 aliphatic heterocycles. The highest BCUT2D eigenvalue weighted by Gasteiger charge is 2.29. The molecule has 1 fully saturated rings. The summed E-state index contributed by atoms with van der Waals surface area (Å²) in [5, 5.41) is 4.23. The molecule has 1 saturated heterocycles. The Labute approximate surface area is 178 Å². The molecule has 0 bridgehead atoms. The average molecular weight is 416 g/mol. The standard InChI is InChI=1S/C23H21FN6O/c1-15-11-20(16-5-2-7-18(24)12-16)28-21(27-15)17-6-3-9-29(14-17)23(31)19-13-26-30-10-4-8-25-22(19)30/h2,4-5,7-8,10-13,17H,3,6,9,14H2,1H3/t17-/m1/s1. The predicted octanol–water partition coefficient (Wildman–Crippen LogP) is 3.65. The summed E-state index contributed by atoms with van der Waals surface area (Å²) in [6.07, 6.45) is 6.74. The van der Waals surface area contributed by atoms with Crippen molar-refractivity contribution in [3.8, 4) is 11.3 Å². The van der Waals surface area contributed by atoms with Crippen molar-refractivity contribution in [2.24, 2.45) is 0 Å². The van der Waals surface area contributed by atoms with E-state index in [9.17, 15) is 9.18 Å². The molecular weight excluding hydrogens is 395 g/mol. The molecule has 1 atom stereocenters. The zero-order chi connectivity index (χ0) is 21.4. The number of fused-ring (bicyclic) bond motifs is 1. The van der Waals surface area contributed by atoms with Crippen molar-refractivity contribution in [1.82, 2.24) is 29.5 Å². The fourth-order valence-electron chi connectivity index (χ4n) is 4.09. The third-order valence-electron chi connectivity index (χ3n) is 5.58. The summed E-state index contributed by atoms with van der Waals surface area (Å²) in [5.41, 5.74) is 3.27. The molecule has 0 saturated carbocycles. The Morgan fingerprint density at radius 3 is 2.97 bits per heavy atom. The fraction of sp³-hybridized carbons (Fsp3) is 0.261. The molecule has 0 unspecified atom stereocenters. The van der Waals surface area contributed by atoms with Gasteiger partial charge in [-0.25, -0.2) is 23.9 Å². The molecule has 1 aromatic carbocycles. The van der Waals surface area contributed by atoms with E-state index in [4.69, 9.17) is 4.98 Å². The van der Waals surface area contributed by atoms with Crippen molar-refractivity contribution in [1.29, 1.82) is 0 Å². The quantitative estimate of drug-likeness (QED) is 0.510. The van der Waals surface area contributed by atoms with Crippen LogP contribution in [0.4, 0.5) is 4.39 Å². The Balaban J connectivity index is 1.42. The third kappa shape index (κ3) is 3.76. The number of carbonyl (C=O) groups is 1. The number of rotatable bonds is 3. The Bertz CT molecular complexity index is 1270. The molecule has 8 heteroatoms. The van der Waals surface area contributed by atoms with E-state index in [0.717, 1.165) is 18.5 Å². The number of likely N-dealkylation sites (tertiary alicyclic amines) is 1. The Morgan fingerprint density at radius 2 is 2.10 bits per heavy atom. The second-order valence-electron chi connectivity index (χ2n) is 7.80. The number of aromatic nitrogens is 5. The summed E-state index contributed by atoms with van der Waals surface area (Å²) in [6, 6.07) is 10.0. The van der Waals surface area contributed by atoms with E-state index in [0.29, 0.717) is 41.4 Å². The van der Waals surface area contributed by atoms with Gasteiger partial charge in [-0.05, 0) is 44.0 Å². The van der Waals surface area contributed by atoms with E-state index in [1.54, 1.807) is 35.2 Å². The molecule has 156 valence electrons. The second kappa shape index (κ2) is 7.86. The number of carbonyl (C=O) groups excluding carboxylic acids is 1. The lowest BCUT2D eigenvalue weighted by atomic mass is 9.96. The summed E-state index contributed by atoms with van der Waals surface area (Å²) in [6.45, 7) is 3.10. The Kier molecular flexibility index (Phi) is 4.89. The number of aryl methyl sites for hydroxylation is 1. The van der Waals surface area contributed by atoms with Crippen LogP contribution >= 0.6 is 0 Å². The topological polar surface area (TPSA) is 76.3 Å². The number of amides is 1. The van der Waals surface area contributed by atoms with Crippen LogP contribution in [0.15, 0.2) is 55.0 Å². The Hall–Kier alpha value is -3.68. The normalized spacial score (nSPS) is 16.6. The number of hydrogen-bond acceptors (Lipinski definition) is 5. The fourth-order valence-corrected chi connectivity index (χ4v) is 4.09. The van der Waals surface area contributed by atoms with E-state index in [1.807, 2.05) is 24.0 Å². The van der Waals surface area contributed by atoms with E-state index >= 15 is 0 Å². The molecule has 0 aliphatic carbocycles. The van der Waals surface area contributed by atoms with Gasteiger partial charge in [-0.15, -0.1) is 0 Å². The van der Waals surface area contributed by atoms with Crippen molar-refractivity contribution >= 4 is 11.6 Å². The van der Waals surface area contributed by atoms with Crippen LogP contribution in [0, 0.1) is 12.7 Å². The van der Waals surface area contributed by atoms with E-state index in [1.165, 1.54) is 12.1 Å². The van der Waals surface area contributed by atoms with Crippen LogP contribution < -0.4 is 0 Å². The van der Waals surface area contributed by atoms with Crippen LogP contribution in [0.3, 0.4) is 0 Å². The predicted molar refractivity (Wildman–Crippen MR) is 113 cm³/mol. The first-order valence-electron chi connectivity index (χ1n) is 10.3. The van der Waals surface area contributed by atoms with Gasteiger partial charge in [-0.1, -0.05) is 12.1 Å². The highest BCUT2D eigenvalue weighted by atomic mass is 19.1. The molecule has 0 N–H and O–H groups in total. The highest BCUT2D eigenvalue weighted by Crippen LogP contribution is 2.28. The molecule has 4 aromatic rings. The number of hydrogen-bond donors (Lipinski definition) is 0. The molecule has 0 spiro atoms. The van der Waals surface area contributed by atoms with Crippen molar-refractivity contribution < 1.29 is 9.18 Å². The lowest BCUT2D eigenvalue weighted by Gasteiger charge is -2.32. The van der Waals surface area contributed by atoms with Crippen molar-refractivity contribution in [3.05, 3.63) is 77.9 Å². The third-order valence-corrected chi connectivity index (χ3v) is 5.58. The minimum Gasteiger partial charge on any atom is -0.338 e. The Morgan fingerprint density at radius 1 is 1.19 bits per heavy atom. The van der Waals surface area contributed by atoms with Crippen LogP contribution in [-0.4, -0.2) is 48.5 Å². The maximum atomic E-state index is 13.7. The summed E-state index contributed by atoms with van der Waals surface area (Å²) in [5.74, 6) is 0.317. The van der Waals surface area contributed by atoms with E-state index < -0.39 is 0 Å². The molecule has 7 nitrogen and oxygen atoms in total. The maximum absolute atomic E-state index is 13.7. The molecule has 0 radical (unpaired) electrons. The van der Waals surface area contributed by atoms with Crippen LogP contribution in [0.5, 0.6) is 0 Å². The van der Waals surface area contributed by atoms with Gasteiger partial charge in [0.15, 0.2) is 5.65 Å². The van der Waals surface area contributed by atoms with Gasteiger partial charge in [0.2, 0.25) is 0 Å². The van der Waals surface area contributed by atoms with E-state index in [2.05, 4.69) is 15.1 Å². The second-order valence-corrected chi connectivity index (χ2v) is 7.80. The summed E-state index contributed by atoms with van der Waals surface area (Å²) < 4.78 is 15.3.